The van der Waals surface area contributed by atoms with E-state index >= 15 is 0 Å². The highest BCUT2D eigenvalue weighted by Crippen LogP contribution is 2.08. The molecule has 122 valence electrons. The molecule has 0 bridgehead atoms. The maximum Gasteiger partial charge on any atom is 0.300 e. The molecule has 0 spiro atoms. The van der Waals surface area contributed by atoms with E-state index in [1.807, 2.05) is 0 Å². The lowest BCUT2D eigenvalue weighted by atomic mass is 11.8. The Hall–Kier alpha value is 1.10. The van der Waals surface area contributed by atoms with E-state index in [1.54, 1.807) is 0 Å². The number of rotatable bonds is 10. The van der Waals surface area contributed by atoms with Gasteiger partial charge in [-0.05, 0) is 58.9 Å². The van der Waals surface area contributed by atoms with E-state index in [-0.39, 0.29) is 0 Å². The van der Waals surface area contributed by atoms with Gasteiger partial charge in [0.15, 0.2) is 17.4 Å². The molecule has 0 aromatic rings. The van der Waals surface area contributed by atoms with E-state index in [4.69, 9.17) is 20.6 Å². The predicted molar refractivity (Wildman–Crippen MR) is 99.7 cm³/mol. The molecule has 0 aromatic carbocycles. The van der Waals surface area contributed by atoms with Crippen molar-refractivity contribution in [3.63, 3.8) is 0 Å². The molecular formula is C9H32O5Si6. The molecule has 0 aliphatic carbocycles. The summed E-state index contributed by atoms with van der Waals surface area (Å²) >= 11 is 0. The summed E-state index contributed by atoms with van der Waals surface area (Å²) in [6.07, 6.45) is 0. The molecule has 0 saturated heterocycles. The van der Waals surface area contributed by atoms with Crippen molar-refractivity contribution in [1.82, 2.24) is 0 Å². The van der Waals surface area contributed by atoms with Crippen LogP contribution in [0.5, 0.6) is 0 Å². The van der Waals surface area contributed by atoms with Crippen molar-refractivity contribution in [2.24, 2.45) is 0 Å². The van der Waals surface area contributed by atoms with Crippen LogP contribution in [0, 0.1) is 0 Å². The average molecular weight is 389 g/mol. The summed E-state index contributed by atoms with van der Waals surface area (Å²) in [7, 11) is -8.78. The third-order valence-electron chi connectivity index (χ3n) is 2.13. The molecule has 4 atom stereocenters. The van der Waals surface area contributed by atoms with E-state index in [9.17, 15) is 0 Å². The van der Waals surface area contributed by atoms with Crippen LogP contribution in [0.1, 0.15) is 0 Å². The summed E-state index contributed by atoms with van der Waals surface area (Å²) in [6.45, 7) is 19.2. The summed E-state index contributed by atoms with van der Waals surface area (Å²) in [5, 5.41) is 0. The molecule has 20 heavy (non-hydrogen) atoms. The van der Waals surface area contributed by atoms with Crippen molar-refractivity contribution < 1.29 is 20.6 Å². The smallest absolute Gasteiger partial charge is 0.300 e. The number of hydrogen-bond acceptors (Lipinski definition) is 5. The Kier molecular flexibility index (Phi) is 10.5. The Morgan fingerprint density at radius 2 is 0.900 bits per heavy atom. The van der Waals surface area contributed by atoms with Gasteiger partial charge in [0.1, 0.15) is 0 Å². The lowest BCUT2D eigenvalue weighted by Crippen LogP contribution is -2.41. The zero-order chi connectivity index (χ0) is 15.9. The highest BCUT2D eigenvalue weighted by atomic mass is 28.5. The zero-order valence-electron chi connectivity index (χ0n) is 14.4. The minimum absolute atomic E-state index is 0.996. The van der Waals surface area contributed by atoms with Crippen molar-refractivity contribution in [2.75, 3.05) is 0 Å². The molecule has 0 rings (SSSR count). The summed E-state index contributed by atoms with van der Waals surface area (Å²) < 4.78 is 29.7. The van der Waals surface area contributed by atoms with Crippen LogP contribution in [-0.4, -0.2) is 54.5 Å². The minimum atomic E-state index is -1.63. The Bertz CT molecular complexity index is 264. The van der Waals surface area contributed by atoms with Gasteiger partial charge in [0.2, 0.25) is 0 Å². The van der Waals surface area contributed by atoms with E-state index in [0.717, 1.165) is 0 Å². The standard InChI is InChI=1S/C9H32O5Si6/c1-15(2)10-16(3)11-17(4)12-18(5)13-19(6)14-20(7,8)9/h15-19H,1-9H3. The van der Waals surface area contributed by atoms with Crippen molar-refractivity contribution in [3.05, 3.63) is 0 Å². The minimum Gasteiger partial charge on any atom is -0.442 e. The van der Waals surface area contributed by atoms with E-state index in [1.165, 1.54) is 0 Å². The Balaban J connectivity index is 3.98. The topological polar surface area (TPSA) is 46.2 Å². The highest BCUT2D eigenvalue weighted by Gasteiger charge is 2.24. The average Bonchev–Trinajstić information content (AvgIpc) is 2.09. The van der Waals surface area contributed by atoms with Gasteiger partial charge in [0.25, 0.3) is 37.1 Å². The Labute approximate surface area is 134 Å². The van der Waals surface area contributed by atoms with Crippen LogP contribution >= 0.6 is 0 Å². The van der Waals surface area contributed by atoms with Crippen LogP contribution in [0.25, 0.3) is 0 Å². The monoisotopic (exact) mass is 388 g/mol. The van der Waals surface area contributed by atoms with Gasteiger partial charge in [0, 0.05) is 0 Å². The second-order valence-electron chi connectivity index (χ2n) is 6.09. The lowest BCUT2D eigenvalue weighted by Gasteiger charge is -2.27. The SMILES string of the molecule is C[SiH](C)O[SiH](C)O[SiH](C)O[SiH](C)O[SiH](C)O[Si](C)(C)C. The quantitative estimate of drug-likeness (QED) is 0.528. The van der Waals surface area contributed by atoms with Crippen molar-refractivity contribution in [2.45, 2.75) is 58.9 Å². The molecule has 0 N–H and O–H groups in total. The molecule has 0 amide bonds. The van der Waals surface area contributed by atoms with Crippen LogP contribution in [0.2, 0.25) is 58.9 Å². The fourth-order valence-corrected chi connectivity index (χ4v) is 18.6. The van der Waals surface area contributed by atoms with Gasteiger partial charge in [-0.25, -0.2) is 0 Å². The summed E-state index contributed by atoms with van der Waals surface area (Å²) in [4.78, 5) is 0. The normalized spacial score (nSPS) is 18.9. The Morgan fingerprint density at radius 3 is 1.25 bits per heavy atom. The first-order valence-corrected chi connectivity index (χ1v) is 21.9. The fourth-order valence-electron chi connectivity index (χ4n) is 1.81. The van der Waals surface area contributed by atoms with Crippen LogP contribution in [0.15, 0.2) is 0 Å². The summed E-state index contributed by atoms with van der Waals surface area (Å²) in [6, 6.07) is 0. The van der Waals surface area contributed by atoms with Gasteiger partial charge in [-0.3, -0.25) is 0 Å². The van der Waals surface area contributed by atoms with Crippen molar-refractivity contribution in [1.29, 1.82) is 0 Å². The number of hydrogen-bond donors (Lipinski definition) is 0. The van der Waals surface area contributed by atoms with Crippen LogP contribution < -0.4 is 0 Å². The van der Waals surface area contributed by atoms with Gasteiger partial charge < -0.3 is 20.6 Å². The Morgan fingerprint density at radius 1 is 0.550 bits per heavy atom. The summed E-state index contributed by atoms with van der Waals surface area (Å²) in [5.74, 6) is 0. The molecule has 4 unspecified atom stereocenters. The molecule has 5 nitrogen and oxygen atoms in total. The first kappa shape index (κ1) is 21.1. The largest absolute Gasteiger partial charge is 0.442 e. The third kappa shape index (κ3) is 12.8. The van der Waals surface area contributed by atoms with Gasteiger partial charge in [0.05, 0.1) is 0 Å². The highest BCUT2D eigenvalue weighted by molar-refractivity contribution is 6.77. The van der Waals surface area contributed by atoms with Gasteiger partial charge in [-0.2, -0.15) is 0 Å². The maximum atomic E-state index is 6.00. The molecule has 0 aliphatic rings. The first-order chi connectivity index (χ1) is 8.99. The van der Waals surface area contributed by atoms with Crippen LogP contribution in [-0.2, 0) is 20.6 Å². The van der Waals surface area contributed by atoms with Gasteiger partial charge >= 0.3 is 0 Å². The van der Waals surface area contributed by atoms with E-state index in [0.29, 0.717) is 0 Å². The van der Waals surface area contributed by atoms with E-state index in [2.05, 4.69) is 58.9 Å². The van der Waals surface area contributed by atoms with Gasteiger partial charge in [-0.1, -0.05) is 0 Å². The van der Waals surface area contributed by atoms with Crippen molar-refractivity contribution >= 4 is 54.5 Å². The maximum absolute atomic E-state index is 6.00. The molecular weight excluding hydrogens is 357 g/mol. The second kappa shape index (κ2) is 9.99. The molecule has 0 radical (unpaired) electrons. The molecule has 0 fully saturated rings. The summed E-state index contributed by atoms with van der Waals surface area (Å²) in [5.41, 5.74) is 0. The zero-order valence-corrected chi connectivity index (χ0v) is 21.2. The molecule has 11 heteroatoms. The van der Waals surface area contributed by atoms with E-state index < -0.39 is 54.5 Å². The first-order valence-electron chi connectivity index (χ1n) is 7.29. The molecule has 0 aliphatic heterocycles. The van der Waals surface area contributed by atoms with Crippen LogP contribution in [0.3, 0.4) is 0 Å². The van der Waals surface area contributed by atoms with Crippen LogP contribution in [0.4, 0.5) is 0 Å². The second-order valence-corrected chi connectivity index (χ2v) is 22.3. The van der Waals surface area contributed by atoms with Crippen molar-refractivity contribution in [3.8, 4) is 0 Å². The molecule has 0 heterocycles. The fraction of sp³-hybridized carbons (Fsp3) is 1.00. The van der Waals surface area contributed by atoms with Gasteiger partial charge in [-0.15, -0.1) is 0 Å². The molecule has 0 aromatic heterocycles. The molecule has 0 saturated carbocycles. The predicted octanol–water partition coefficient (Wildman–Crippen LogP) is 1.29. The lowest BCUT2D eigenvalue weighted by molar-refractivity contribution is 0.336. The third-order valence-corrected chi connectivity index (χ3v) is 19.2.